The average molecular weight is 433 g/mol. The highest BCUT2D eigenvalue weighted by Crippen LogP contribution is 2.29. The first kappa shape index (κ1) is 20.6. The number of carbonyl (C=O) groups excluding carboxylic acids is 1. The van der Waals surface area contributed by atoms with Gasteiger partial charge in [0.15, 0.2) is 5.82 Å². The highest BCUT2D eigenvalue weighted by molar-refractivity contribution is 7.89. The molecule has 0 radical (unpaired) electrons. The van der Waals surface area contributed by atoms with Crippen molar-refractivity contribution in [2.24, 2.45) is 0 Å². The molecule has 1 saturated heterocycles. The predicted molar refractivity (Wildman–Crippen MR) is 112 cm³/mol. The lowest BCUT2D eigenvalue weighted by molar-refractivity contribution is 0.102. The molecule has 2 fully saturated rings. The van der Waals surface area contributed by atoms with Crippen molar-refractivity contribution in [3.8, 4) is 5.75 Å². The number of ether oxygens (including phenoxy) is 2. The van der Waals surface area contributed by atoms with Gasteiger partial charge in [-0.25, -0.2) is 18.1 Å². The Morgan fingerprint density at radius 3 is 2.70 bits per heavy atom. The Kier molecular flexibility index (Phi) is 5.89. The standard InChI is InChI=1S/C20H24N4O5S/c1-28-17-7-4-14(13-18(17)30(26,27)23-15-5-6-15)20(25)22-16-3-2-8-21-19(16)24-9-11-29-12-10-24/h2-4,7-8,13,15,23H,5-6,9-12H2,1H3,(H,22,25). The molecule has 160 valence electrons. The van der Waals surface area contributed by atoms with E-state index in [1.807, 2.05) is 4.90 Å². The lowest BCUT2D eigenvalue weighted by Gasteiger charge is -2.29. The molecule has 0 bridgehead atoms. The fourth-order valence-corrected chi connectivity index (χ4v) is 4.73. The Morgan fingerprint density at radius 2 is 2.00 bits per heavy atom. The van der Waals surface area contributed by atoms with Crippen LogP contribution in [0.1, 0.15) is 23.2 Å². The number of hydrogen-bond donors (Lipinski definition) is 2. The molecular formula is C20H24N4O5S. The summed E-state index contributed by atoms with van der Waals surface area (Å²) in [6, 6.07) is 7.82. The Hall–Kier alpha value is -2.69. The highest BCUT2D eigenvalue weighted by Gasteiger charge is 2.30. The number of rotatable bonds is 7. The molecule has 0 atom stereocenters. The summed E-state index contributed by atoms with van der Waals surface area (Å²) in [5.74, 6) is 0.420. The van der Waals surface area contributed by atoms with Crippen LogP contribution >= 0.6 is 0 Å². The first-order valence-corrected chi connectivity index (χ1v) is 11.3. The van der Waals surface area contributed by atoms with Crippen LogP contribution in [0, 0.1) is 0 Å². The number of methoxy groups -OCH3 is 1. The van der Waals surface area contributed by atoms with Gasteiger partial charge in [0, 0.05) is 30.9 Å². The minimum atomic E-state index is -3.78. The average Bonchev–Trinajstić information content (AvgIpc) is 3.57. The summed E-state index contributed by atoms with van der Waals surface area (Å²) in [4.78, 5) is 19.3. The zero-order valence-corrected chi connectivity index (χ0v) is 17.4. The van der Waals surface area contributed by atoms with E-state index in [2.05, 4.69) is 15.0 Å². The lowest BCUT2D eigenvalue weighted by atomic mass is 10.2. The van der Waals surface area contributed by atoms with Crippen LogP contribution in [0.2, 0.25) is 0 Å². The largest absolute Gasteiger partial charge is 0.495 e. The van der Waals surface area contributed by atoms with Gasteiger partial charge in [0.1, 0.15) is 10.6 Å². The second kappa shape index (κ2) is 8.58. The maximum atomic E-state index is 12.9. The Bertz CT molecular complexity index is 1030. The normalized spacial score (nSPS) is 16.9. The number of benzene rings is 1. The van der Waals surface area contributed by atoms with E-state index in [0.29, 0.717) is 37.8 Å². The molecule has 10 heteroatoms. The number of amides is 1. The molecule has 2 N–H and O–H groups in total. The van der Waals surface area contributed by atoms with E-state index >= 15 is 0 Å². The molecular weight excluding hydrogens is 408 g/mol. The van der Waals surface area contributed by atoms with E-state index in [9.17, 15) is 13.2 Å². The van der Waals surface area contributed by atoms with Gasteiger partial charge in [-0.3, -0.25) is 4.79 Å². The van der Waals surface area contributed by atoms with Crippen molar-refractivity contribution in [1.29, 1.82) is 0 Å². The fraction of sp³-hybridized carbons (Fsp3) is 0.400. The van der Waals surface area contributed by atoms with Crippen LogP contribution in [0.4, 0.5) is 11.5 Å². The molecule has 1 aliphatic heterocycles. The second-order valence-electron chi connectivity index (χ2n) is 7.19. The van der Waals surface area contributed by atoms with Crippen LogP contribution < -0.4 is 19.7 Å². The van der Waals surface area contributed by atoms with Gasteiger partial charge in [0.25, 0.3) is 5.91 Å². The molecule has 9 nitrogen and oxygen atoms in total. The molecule has 2 aliphatic rings. The number of morpholine rings is 1. The van der Waals surface area contributed by atoms with Crippen molar-refractivity contribution in [3.05, 3.63) is 42.1 Å². The third-order valence-corrected chi connectivity index (χ3v) is 6.50. The molecule has 1 aliphatic carbocycles. The van der Waals surface area contributed by atoms with Gasteiger partial charge in [-0.05, 0) is 43.2 Å². The summed E-state index contributed by atoms with van der Waals surface area (Å²) in [7, 11) is -2.39. The van der Waals surface area contributed by atoms with Gasteiger partial charge in [0.2, 0.25) is 10.0 Å². The zero-order valence-electron chi connectivity index (χ0n) is 16.6. The molecule has 0 spiro atoms. The van der Waals surface area contributed by atoms with Crippen molar-refractivity contribution in [2.45, 2.75) is 23.8 Å². The SMILES string of the molecule is COc1ccc(C(=O)Nc2cccnc2N2CCOCC2)cc1S(=O)(=O)NC1CC1. The number of carbonyl (C=O) groups is 1. The monoisotopic (exact) mass is 432 g/mol. The number of nitrogens with zero attached hydrogens (tertiary/aromatic N) is 2. The molecule has 4 rings (SSSR count). The van der Waals surface area contributed by atoms with Crippen LogP contribution in [0.3, 0.4) is 0 Å². The number of nitrogens with one attached hydrogen (secondary N) is 2. The molecule has 30 heavy (non-hydrogen) atoms. The zero-order chi connectivity index (χ0) is 21.1. The van der Waals surface area contributed by atoms with Crippen LogP contribution in [-0.2, 0) is 14.8 Å². The summed E-state index contributed by atoms with van der Waals surface area (Å²) in [6.07, 6.45) is 3.29. The van der Waals surface area contributed by atoms with Gasteiger partial charge in [0.05, 0.1) is 26.0 Å². The van der Waals surface area contributed by atoms with E-state index in [1.54, 1.807) is 18.3 Å². The van der Waals surface area contributed by atoms with Gasteiger partial charge >= 0.3 is 0 Å². The van der Waals surface area contributed by atoms with Gasteiger partial charge in [-0.15, -0.1) is 0 Å². The van der Waals surface area contributed by atoms with Gasteiger partial charge in [-0.2, -0.15) is 0 Å². The summed E-state index contributed by atoms with van der Waals surface area (Å²) < 4.78 is 38.6. The van der Waals surface area contributed by atoms with E-state index in [4.69, 9.17) is 9.47 Å². The summed E-state index contributed by atoms with van der Waals surface area (Å²) in [6.45, 7) is 2.55. The first-order chi connectivity index (χ1) is 14.5. The molecule has 2 heterocycles. The van der Waals surface area contributed by atoms with E-state index in [-0.39, 0.29) is 22.3 Å². The summed E-state index contributed by atoms with van der Waals surface area (Å²) >= 11 is 0. The van der Waals surface area contributed by atoms with Gasteiger partial charge < -0.3 is 19.7 Å². The Morgan fingerprint density at radius 1 is 1.23 bits per heavy atom. The quantitative estimate of drug-likeness (QED) is 0.684. The minimum absolute atomic E-state index is 0.0517. The lowest BCUT2D eigenvalue weighted by Crippen LogP contribution is -2.37. The van der Waals surface area contributed by atoms with Crippen LogP contribution in [0.5, 0.6) is 5.75 Å². The fourth-order valence-electron chi connectivity index (χ4n) is 3.23. The van der Waals surface area contributed by atoms with E-state index in [0.717, 1.165) is 12.8 Å². The number of hydrogen-bond acceptors (Lipinski definition) is 7. The molecule has 1 aromatic carbocycles. The van der Waals surface area contributed by atoms with E-state index in [1.165, 1.54) is 25.3 Å². The van der Waals surface area contributed by atoms with E-state index < -0.39 is 15.9 Å². The number of anilines is 2. The van der Waals surface area contributed by atoms with Crippen molar-refractivity contribution in [3.63, 3.8) is 0 Å². The highest BCUT2D eigenvalue weighted by atomic mass is 32.2. The number of sulfonamides is 1. The topological polar surface area (TPSA) is 110 Å². The van der Waals surface area contributed by atoms with Crippen molar-refractivity contribution in [2.75, 3.05) is 43.6 Å². The third-order valence-electron chi connectivity index (χ3n) is 4.96. The predicted octanol–water partition coefficient (Wildman–Crippen LogP) is 1.62. The van der Waals surface area contributed by atoms with Gasteiger partial charge in [-0.1, -0.05) is 0 Å². The number of aromatic nitrogens is 1. The molecule has 1 saturated carbocycles. The van der Waals surface area contributed by atoms with Crippen LogP contribution in [-0.4, -0.2) is 58.8 Å². The van der Waals surface area contributed by atoms with Crippen molar-refractivity contribution >= 4 is 27.4 Å². The second-order valence-corrected chi connectivity index (χ2v) is 8.87. The molecule has 2 aromatic rings. The maximum Gasteiger partial charge on any atom is 0.255 e. The molecule has 0 unspecified atom stereocenters. The van der Waals surface area contributed by atoms with Crippen molar-refractivity contribution < 1.29 is 22.7 Å². The van der Waals surface area contributed by atoms with Crippen LogP contribution in [0.25, 0.3) is 0 Å². The minimum Gasteiger partial charge on any atom is -0.495 e. The number of pyridine rings is 1. The molecule has 1 amide bonds. The Balaban J connectivity index is 1.59. The van der Waals surface area contributed by atoms with Crippen LogP contribution in [0.15, 0.2) is 41.4 Å². The molecule has 1 aromatic heterocycles. The smallest absolute Gasteiger partial charge is 0.255 e. The van der Waals surface area contributed by atoms with Crippen molar-refractivity contribution in [1.82, 2.24) is 9.71 Å². The Labute approximate surface area is 175 Å². The summed E-state index contributed by atoms with van der Waals surface area (Å²) in [5.41, 5.74) is 0.768. The maximum absolute atomic E-state index is 12.9. The summed E-state index contributed by atoms with van der Waals surface area (Å²) in [5, 5.41) is 2.85. The first-order valence-electron chi connectivity index (χ1n) is 9.77. The third kappa shape index (κ3) is 4.55.